The van der Waals surface area contributed by atoms with E-state index in [0.29, 0.717) is 36.8 Å². The zero-order chi connectivity index (χ0) is 20.6. The highest BCUT2D eigenvalue weighted by Gasteiger charge is 2.30. The molecule has 1 fully saturated rings. The van der Waals surface area contributed by atoms with Crippen molar-refractivity contribution >= 4 is 29.3 Å². The Labute approximate surface area is 171 Å². The zero-order valence-corrected chi connectivity index (χ0v) is 16.4. The van der Waals surface area contributed by atoms with Crippen LogP contribution in [0.25, 0.3) is 0 Å². The molecule has 0 N–H and O–H groups in total. The smallest absolute Gasteiger partial charge is 0.317 e. The van der Waals surface area contributed by atoms with E-state index < -0.39 is 17.0 Å². The summed E-state index contributed by atoms with van der Waals surface area (Å²) in [6, 6.07) is 14.8. The van der Waals surface area contributed by atoms with Gasteiger partial charge in [-0.3, -0.25) is 19.7 Å². The van der Waals surface area contributed by atoms with E-state index in [0.717, 1.165) is 0 Å². The minimum absolute atomic E-state index is 0.0163. The fourth-order valence-corrected chi connectivity index (χ4v) is 3.49. The normalized spacial score (nSPS) is 14.8. The molecule has 1 amide bonds. The maximum Gasteiger partial charge on any atom is 0.317 e. The molecule has 2 aromatic rings. The minimum atomic E-state index is -1.01. The van der Waals surface area contributed by atoms with Crippen LogP contribution in [0.2, 0.25) is 0 Å². The summed E-state index contributed by atoms with van der Waals surface area (Å²) >= 11 is 1.19. The predicted molar refractivity (Wildman–Crippen MR) is 106 cm³/mol. The van der Waals surface area contributed by atoms with Gasteiger partial charge in [-0.05, 0) is 12.1 Å². The van der Waals surface area contributed by atoms with Gasteiger partial charge in [-0.15, -0.1) is 11.8 Å². The Balaban J connectivity index is 1.64. The summed E-state index contributed by atoms with van der Waals surface area (Å²) in [6.07, 6.45) is -1.01. The molecule has 9 heteroatoms. The number of hydrogen-bond donors (Lipinski definition) is 0. The lowest BCUT2D eigenvalue weighted by Crippen LogP contribution is -2.44. The van der Waals surface area contributed by atoms with Crippen LogP contribution >= 0.6 is 11.8 Å². The fraction of sp³-hybridized carbons (Fsp3) is 0.300. The number of hydrogen-bond acceptors (Lipinski definition) is 7. The Hall–Kier alpha value is -2.91. The number of ether oxygens (including phenoxy) is 2. The van der Waals surface area contributed by atoms with Crippen LogP contribution in [0.15, 0.2) is 59.5 Å². The quantitative estimate of drug-likeness (QED) is 0.296. The third kappa shape index (κ3) is 5.78. The molecule has 0 aromatic heterocycles. The molecule has 3 rings (SSSR count). The number of carbonyl (C=O) groups is 2. The summed E-state index contributed by atoms with van der Waals surface area (Å²) < 4.78 is 10.8. The van der Waals surface area contributed by atoms with Crippen molar-refractivity contribution in [1.82, 2.24) is 4.90 Å². The molecule has 1 aliphatic heterocycles. The lowest BCUT2D eigenvalue weighted by atomic mass is 10.1. The van der Waals surface area contributed by atoms with Crippen molar-refractivity contribution in [3.63, 3.8) is 0 Å². The van der Waals surface area contributed by atoms with E-state index in [1.54, 1.807) is 41.3 Å². The number of benzene rings is 2. The number of esters is 1. The van der Waals surface area contributed by atoms with Gasteiger partial charge in [-0.1, -0.05) is 30.3 Å². The molecule has 29 heavy (non-hydrogen) atoms. The number of morpholine rings is 1. The topological polar surface area (TPSA) is 99.0 Å². The average Bonchev–Trinajstić information content (AvgIpc) is 2.77. The summed E-state index contributed by atoms with van der Waals surface area (Å²) in [5, 5.41) is 10.7. The third-order valence-corrected chi connectivity index (χ3v) is 5.29. The molecular formula is C20H20N2O6S. The summed E-state index contributed by atoms with van der Waals surface area (Å²) in [4.78, 5) is 37.9. The van der Waals surface area contributed by atoms with Gasteiger partial charge in [0.25, 0.3) is 11.6 Å². The molecule has 1 saturated heterocycles. The first-order valence-electron chi connectivity index (χ1n) is 9.03. The number of thioether (sulfide) groups is 1. The minimum Gasteiger partial charge on any atom is -0.447 e. The van der Waals surface area contributed by atoms with Crippen molar-refractivity contribution in [3.8, 4) is 0 Å². The molecular weight excluding hydrogens is 396 g/mol. The second-order valence-corrected chi connectivity index (χ2v) is 7.31. The second kappa shape index (κ2) is 10.0. The Bertz CT molecular complexity index is 853. The summed E-state index contributed by atoms with van der Waals surface area (Å²) in [5.41, 5.74) is 0.592. The van der Waals surface area contributed by atoms with Crippen LogP contribution < -0.4 is 0 Å². The lowest BCUT2D eigenvalue weighted by molar-refractivity contribution is -0.384. The molecule has 0 spiro atoms. The summed E-state index contributed by atoms with van der Waals surface area (Å²) in [5.74, 6) is -0.825. The van der Waals surface area contributed by atoms with E-state index in [2.05, 4.69) is 0 Å². The molecule has 1 aliphatic rings. The molecule has 0 unspecified atom stereocenters. The Morgan fingerprint density at radius 3 is 2.38 bits per heavy atom. The van der Waals surface area contributed by atoms with Crippen LogP contribution in [0.1, 0.15) is 11.7 Å². The van der Waals surface area contributed by atoms with Crippen molar-refractivity contribution in [1.29, 1.82) is 0 Å². The monoisotopic (exact) mass is 416 g/mol. The standard InChI is InChI=1S/C20H20N2O6S/c23-18(14-29-17-8-6-16(7-9-17)22(25)26)28-19(15-4-2-1-3-5-15)20(24)21-10-12-27-13-11-21/h1-9,19H,10-14H2/t19-/m0/s1. The number of nitro groups is 1. The van der Waals surface area contributed by atoms with E-state index in [4.69, 9.17) is 9.47 Å². The van der Waals surface area contributed by atoms with E-state index in [1.165, 1.54) is 23.9 Å². The molecule has 0 saturated carbocycles. The van der Waals surface area contributed by atoms with Gasteiger partial charge in [0.15, 0.2) is 0 Å². The number of nitrogens with zero attached hydrogens (tertiary/aromatic N) is 2. The van der Waals surface area contributed by atoms with E-state index in [9.17, 15) is 19.7 Å². The van der Waals surface area contributed by atoms with Gasteiger partial charge >= 0.3 is 5.97 Å². The van der Waals surface area contributed by atoms with Crippen LogP contribution in [-0.4, -0.2) is 53.8 Å². The van der Waals surface area contributed by atoms with Crippen LogP contribution in [0.4, 0.5) is 5.69 Å². The van der Waals surface area contributed by atoms with E-state index in [-0.39, 0.29) is 17.3 Å². The van der Waals surface area contributed by atoms with Gasteiger partial charge in [-0.2, -0.15) is 0 Å². The molecule has 152 valence electrons. The van der Waals surface area contributed by atoms with Crippen LogP contribution in [0, 0.1) is 10.1 Å². The number of nitro benzene ring substituents is 1. The Kier molecular flexibility index (Phi) is 7.20. The maximum atomic E-state index is 12.9. The molecule has 0 radical (unpaired) electrons. The fourth-order valence-electron chi connectivity index (χ4n) is 2.81. The Morgan fingerprint density at radius 1 is 1.10 bits per heavy atom. The van der Waals surface area contributed by atoms with Gasteiger partial charge in [0, 0.05) is 35.7 Å². The molecule has 1 atom stereocenters. The SMILES string of the molecule is O=C(CSc1ccc([N+](=O)[O-])cc1)O[C@H](C(=O)N1CCOCC1)c1ccccc1. The van der Waals surface area contributed by atoms with Gasteiger partial charge in [0.1, 0.15) is 0 Å². The van der Waals surface area contributed by atoms with Crippen molar-refractivity contribution in [3.05, 3.63) is 70.3 Å². The van der Waals surface area contributed by atoms with Gasteiger partial charge in [0.2, 0.25) is 6.10 Å². The highest BCUT2D eigenvalue weighted by Crippen LogP contribution is 2.25. The molecule has 2 aromatic carbocycles. The van der Waals surface area contributed by atoms with Crippen LogP contribution in [-0.2, 0) is 19.1 Å². The summed E-state index contributed by atoms with van der Waals surface area (Å²) in [7, 11) is 0. The lowest BCUT2D eigenvalue weighted by Gasteiger charge is -2.30. The number of carbonyl (C=O) groups excluding carboxylic acids is 2. The van der Waals surface area contributed by atoms with Crippen molar-refractivity contribution in [2.45, 2.75) is 11.0 Å². The highest BCUT2D eigenvalue weighted by molar-refractivity contribution is 8.00. The van der Waals surface area contributed by atoms with Crippen LogP contribution in [0.3, 0.4) is 0 Å². The maximum absolute atomic E-state index is 12.9. The van der Waals surface area contributed by atoms with Crippen molar-refractivity contribution in [2.75, 3.05) is 32.1 Å². The van der Waals surface area contributed by atoms with Crippen molar-refractivity contribution in [2.24, 2.45) is 0 Å². The number of amides is 1. The molecule has 0 bridgehead atoms. The Morgan fingerprint density at radius 2 is 1.76 bits per heavy atom. The first-order valence-corrected chi connectivity index (χ1v) is 10.0. The van der Waals surface area contributed by atoms with Gasteiger partial charge in [-0.25, -0.2) is 0 Å². The highest BCUT2D eigenvalue weighted by atomic mass is 32.2. The first-order chi connectivity index (χ1) is 14.0. The van der Waals surface area contributed by atoms with Gasteiger partial charge < -0.3 is 14.4 Å². The second-order valence-electron chi connectivity index (χ2n) is 6.26. The number of rotatable bonds is 7. The van der Waals surface area contributed by atoms with E-state index in [1.807, 2.05) is 6.07 Å². The van der Waals surface area contributed by atoms with Crippen LogP contribution in [0.5, 0.6) is 0 Å². The van der Waals surface area contributed by atoms with Gasteiger partial charge in [0.05, 0.1) is 23.9 Å². The van der Waals surface area contributed by atoms with E-state index >= 15 is 0 Å². The third-order valence-electron chi connectivity index (χ3n) is 4.30. The van der Waals surface area contributed by atoms with Crippen molar-refractivity contribution < 1.29 is 24.0 Å². The molecule has 0 aliphatic carbocycles. The predicted octanol–water partition coefficient (Wildman–Crippen LogP) is 2.83. The zero-order valence-electron chi connectivity index (χ0n) is 15.6. The molecule has 1 heterocycles. The largest absolute Gasteiger partial charge is 0.447 e. The average molecular weight is 416 g/mol. The first kappa shape index (κ1) is 20.8. The molecule has 8 nitrogen and oxygen atoms in total. The summed E-state index contributed by atoms with van der Waals surface area (Å²) in [6.45, 7) is 1.82. The number of non-ortho nitro benzene ring substituents is 1.